The van der Waals surface area contributed by atoms with Crippen molar-refractivity contribution < 1.29 is 18.0 Å². The Morgan fingerprint density at radius 3 is 2.39 bits per heavy atom. The summed E-state index contributed by atoms with van der Waals surface area (Å²) in [6.45, 7) is 3.20. The number of urea groups is 1. The summed E-state index contributed by atoms with van der Waals surface area (Å²) in [5.41, 5.74) is 0.488. The maximum atomic E-state index is 12.4. The third-order valence-corrected chi connectivity index (χ3v) is 2.49. The molecule has 0 aliphatic heterocycles. The van der Waals surface area contributed by atoms with Crippen molar-refractivity contribution in [3.8, 4) is 0 Å². The first-order valence-corrected chi connectivity index (χ1v) is 5.51. The van der Waals surface area contributed by atoms with E-state index in [1.54, 1.807) is 13.8 Å². The molecule has 1 aromatic heterocycles. The quantitative estimate of drug-likeness (QED) is 0.666. The molecule has 10 heteroatoms. The van der Waals surface area contributed by atoms with E-state index in [0.29, 0.717) is 5.71 Å². The summed E-state index contributed by atoms with van der Waals surface area (Å²) in [4.78, 5) is 11.5. The molecule has 1 N–H and O–H groups in total. The minimum Gasteiger partial charge on any atom is -0.339 e. The molecule has 2 amide bonds. The SMILES string of the molecule is CNC(=O)N(N=C(C)C)c1nnc(C(F)(F)F)s1. The van der Waals surface area contributed by atoms with Gasteiger partial charge in [-0.1, -0.05) is 11.3 Å². The Morgan fingerprint density at radius 2 is 2.00 bits per heavy atom. The topological polar surface area (TPSA) is 70.5 Å². The number of hydrogen-bond donors (Lipinski definition) is 1. The van der Waals surface area contributed by atoms with E-state index in [9.17, 15) is 18.0 Å². The first-order chi connectivity index (χ1) is 8.25. The van der Waals surface area contributed by atoms with Gasteiger partial charge in [0.05, 0.1) is 0 Å². The molecular weight excluding hydrogens is 271 g/mol. The van der Waals surface area contributed by atoms with Gasteiger partial charge in [0.15, 0.2) is 0 Å². The molecule has 100 valence electrons. The Kier molecular flexibility index (Phi) is 4.22. The van der Waals surface area contributed by atoms with Crippen molar-refractivity contribution >= 4 is 28.2 Å². The van der Waals surface area contributed by atoms with Crippen LogP contribution in [0.4, 0.5) is 23.1 Å². The molecule has 0 fully saturated rings. The van der Waals surface area contributed by atoms with Crippen LogP contribution in [-0.4, -0.2) is 29.0 Å². The van der Waals surface area contributed by atoms with Gasteiger partial charge in [-0.2, -0.15) is 23.3 Å². The zero-order valence-corrected chi connectivity index (χ0v) is 10.6. The molecule has 0 aliphatic rings. The maximum Gasteiger partial charge on any atom is 0.445 e. The van der Waals surface area contributed by atoms with Gasteiger partial charge in [0.25, 0.3) is 0 Å². The highest BCUT2D eigenvalue weighted by atomic mass is 32.1. The summed E-state index contributed by atoms with van der Waals surface area (Å²) in [5.74, 6) is 0. The number of hydrogen-bond acceptors (Lipinski definition) is 5. The molecule has 18 heavy (non-hydrogen) atoms. The molecule has 0 saturated heterocycles. The number of carbonyl (C=O) groups is 1. The third-order valence-electron chi connectivity index (χ3n) is 1.54. The molecule has 6 nitrogen and oxygen atoms in total. The number of hydrazone groups is 1. The molecule has 1 heterocycles. The van der Waals surface area contributed by atoms with E-state index in [0.717, 1.165) is 5.01 Å². The minimum absolute atomic E-state index is 0.244. The summed E-state index contributed by atoms with van der Waals surface area (Å²) in [6, 6.07) is -0.693. The molecule has 1 rings (SSSR count). The van der Waals surface area contributed by atoms with Gasteiger partial charge in [0, 0.05) is 12.8 Å². The molecule has 0 aliphatic carbocycles. The van der Waals surface area contributed by atoms with Crippen molar-refractivity contribution in [1.82, 2.24) is 15.5 Å². The first kappa shape index (κ1) is 14.4. The number of aromatic nitrogens is 2. The van der Waals surface area contributed by atoms with Crippen molar-refractivity contribution in [3.63, 3.8) is 0 Å². The van der Waals surface area contributed by atoms with Crippen LogP contribution in [0.3, 0.4) is 0 Å². The normalized spacial score (nSPS) is 11.0. The Hall–Kier alpha value is -1.71. The highest BCUT2D eigenvalue weighted by molar-refractivity contribution is 7.15. The number of alkyl halides is 3. The lowest BCUT2D eigenvalue weighted by Gasteiger charge is -2.12. The number of halogens is 3. The zero-order valence-electron chi connectivity index (χ0n) is 9.74. The van der Waals surface area contributed by atoms with E-state index < -0.39 is 17.2 Å². The van der Waals surface area contributed by atoms with Crippen molar-refractivity contribution in [3.05, 3.63) is 5.01 Å². The Labute approximate surface area is 105 Å². The van der Waals surface area contributed by atoms with Crippen molar-refractivity contribution in [2.24, 2.45) is 5.10 Å². The van der Waals surface area contributed by atoms with Crippen LogP contribution < -0.4 is 10.3 Å². The van der Waals surface area contributed by atoms with Gasteiger partial charge >= 0.3 is 12.2 Å². The second-order valence-electron chi connectivity index (χ2n) is 3.30. The second kappa shape index (κ2) is 5.29. The van der Waals surface area contributed by atoms with Crippen LogP contribution in [0.5, 0.6) is 0 Å². The number of anilines is 1. The number of nitrogens with one attached hydrogen (secondary N) is 1. The number of nitrogens with zero attached hydrogens (tertiary/aromatic N) is 4. The summed E-state index contributed by atoms with van der Waals surface area (Å²) in [5, 5.41) is 11.7. The average Bonchev–Trinajstić information content (AvgIpc) is 2.73. The smallest absolute Gasteiger partial charge is 0.339 e. The molecule has 0 radical (unpaired) electrons. The molecule has 0 aromatic carbocycles. The lowest BCUT2D eigenvalue weighted by molar-refractivity contribution is -0.138. The van der Waals surface area contributed by atoms with Crippen LogP contribution in [-0.2, 0) is 6.18 Å². The monoisotopic (exact) mass is 281 g/mol. The van der Waals surface area contributed by atoms with Gasteiger partial charge in [-0.15, -0.1) is 10.2 Å². The summed E-state index contributed by atoms with van der Waals surface area (Å²) >= 11 is 0.244. The number of rotatable bonds is 2. The van der Waals surface area contributed by atoms with Gasteiger partial charge in [-0.25, -0.2) is 4.79 Å². The van der Waals surface area contributed by atoms with Crippen LogP contribution in [0.15, 0.2) is 5.10 Å². The van der Waals surface area contributed by atoms with Crippen LogP contribution in [0.25, 0.3) is 0 Å². The maximum absolute atomic E-state index is 12.4. The minimum atomic E-state index is -4.59. The van der Waals surface area contributed by atoms with Crippen molar-refractivity contribution in [1.29, 1.82) is 0 Å². The van der Waals surface area contributed by atoms with Crippen molar-refractivity contribution in [2.45, 2.75) is 20.0 Å². The average molecular weight is 281 g/mol. The zero-order chi connectivity index (χ0) is 13.9. The second-order valence-corrected chi connectivity index (χ2v) is 4.26. The Morgan fingerprint density at radius 1 is 1.39 bits per heavy atom. The first-order valence-electron chi connectivity index (χ1n) is 4.70. The predicted octanol–water partition coefficient (Wildman–Crippen LogP) is 2.10. The fraction of sp³-hybridized carbons (Fsp3) is 0.500. The standard InChI is InChI=1S/C8H10F3N5OS/c1-4(2)15-16(6(17)12-3)7-14-13-5(18-7)8(9,10)11/h1-3H3,(H,12,17). The van der Waals surface area contributed by atoms with Crippen molar-refractivity contribution in [2.75, 3.05) is 12.1 Å². The molecule has 1 aromatic rings. The highest BCUT2D eigenvalue weighted by Crippen LogP contribution is 2.34. The Bertz CT molecular complexity index is 466. The van der Waals surface area contributed by atoms with Gasteiger partial charge < -0.3 is 5.32 Å². The molecule has 0 unspecified atom stereocenters. The van der Waals surface area contributed by atoms with Crippen LogP contribution in [0.1, 0.15) is 18.9 Å². The predicted molar refractivity (Wildman–Crippen MR) is 60.6 cm³/mol. The fourth-order valence-electron chi connectivity index (χ4n) is 0.897. The van der Waals surface area contributed by atoms with E-state index in [1.165, 1.54) is 7.05 Å². The largest absolute Gasteiger partial charge is 0.445 e. The van der Waals surface area contributed by atoms with Gasteiger partial charge in [-0.3, -0.25) is 0 Å². The molecule has 0 bridgehead atoms. The summed E-state index contributed by atoms with van der Waals surface area (Å²) in [6.07, 6.45) is -4.59. The van der Waals surface area contributed by atoms with E-state index in [-0.39, 0.29) is 16.5 Å². The summed E-state index contributed by atoms with van der Waals surface area (Å²) < 4.78 is 37.1. The van der Waals surface area contributed by atoms with E-state index in [2.05, 4.69) is 20.6 Å². The molecule has 0 saturated carbocycles. The highest BCUT2D eigenvalue weighted by Gasteiger charge is 2.36. The van der Waals surface area contributed by atoms with E-state index in [1.807, 2.05) is 0 Å². The van der Waals surface area contributed by atoms with Crippen LogP contribution in [0.2, 0.25) is 0 Å². The lowest BCUT2D eigenvalue weighted by Crippen LogP contribution is -2.34. The summed E-state index contributed by atoms with van der Waals surface area (Å²) in [7, 11) is 1.33. The van der Waals surface area contributed by atoms with E-state index >= 15 is 0 Å². The van der Waals surface area contributed by atoms with Gasteiger partial charge in [-0.05, 0) is 13.8 Å². The fourth-order valence-corrected chi connectivity index (χ4v) is 1.56. The van der Waals surface area contributed by atoms with E-state index in [4.69, 9.17) is 0 Å². The van der Waals surface area contributed by atoms with Gasteiger partial charge in [0.2, 0.25) is 10.1 Å². The molecule has 0 atom stereocenters. The number of amides is 2. The third kappa shape index (κ3) is 3.39. The van der Waals surface area contributed by atoms with Crippen LogP contribution in [0, 0.1) is 0 Å². The molecular formula is C8H10F3N5OS. The molecule has 0 spiro atoms. The van der Waals surface area contributed by atoms with Crippen LogP contribution >= 0.6 is 11.3 Å². The lowest BCUT2D eigenvalue weighted by atomic mass is 10.5. The van der Waals surface area contributed by atoms with Gasteiger partial charge in [0.1, 0.15) is 0 Å². The number of carbonyl (C=O) groups excluding carboxylic acids is 1. The Balaban J connectivity index is 3.11.